The molecule has 0 amide bonds. The Morgan fingerprint density at radius 1 is 0.339 bits per heavy atom. The summed E-state index contributed by atoms with van der Waals surface area (Å²) in [5.41, 5.74) is 11.9. The molecule has 0 fully saturated rings. The molecule has 0 aliphatic rings. The maximum Gasteiger partial charge on any atom is 0.146 e. The zero-order valence-electron chi connectivity index (χ0n) is 32.4. The van der Waals surface area contributed by atoms with Crippen LogP contribution in [0.2, 0.25) is 0 Å². The van der Waals surface area contributed by atoms with Crippen molar-refractivity contribution in [2.45, 2.75) is 13.8 Å². The number of anilines is 6. The van der Waals surface area contributed by atoms with E-state index in [0.717, 1.165) is 110 Å². The summed E-state index contributed by atoms with van der Waals surface area (Å²) >= 11 is 0. The van der Waals surface area contributed by atoms with Crippen LogP contribution in [0.15, 0.2) is 196 Å². The number of fused-ring (bicyclic) bond motifs is 14. The number of furan rings is 3. The molecular formula is C54H36N2O3. The molecule has 59 heavy (non-hydrogen) atoms. The first kappa shape index (κ1) is 33.4. The van der Waals surface area contributed by atoms with Gasteiger partial charge in [-0.15, -0.1) is 0 Å². The summed E-state index contributed by atoms with van der Waals surface area (Å²) in [6, 6.07) is 60.0. The van der Waals surface area contributed by atoms with Gasteiger partial charge in [0, 0.05) is 55.1 Å². The molecule has 5 nitrogen and oxygen atoms in total. The summed E-state index contributed by atoms with van der Waals surface area (Å²) in [6.07, 6.45) is 3.76. The van der Waals surface area contributed by atoms with Gasteiger partial charge in [0.1, 0.15) is 22.3 Å². The second-order valence-electron chi connectivity index (χ2n) is 15.5. The lowest BCUT2D eigenvalue weighted by Gasteiger charge is -2.28. The molecule has 12 rings (SSSR count). The molecule has 0 bridgehead atoms. The topological polar surface area (TPSA) is 45.9 Å². The van der Waals surface area contributed by atoms with Crippen LogP contribution in [0.1, 0.15) is 11.1 Å². The first-order valence-electron chi connectivity index (χ1n) is 20.0. The Kier molecular flexibility index (Phi) is 7.29. The van der Waals surface area contributed by atoms with E-state index in [4.69, 9.17) is 13.3 Å². The molecule has 0 spiro atoms. The predicted molar refractivity (Wildman–Crippen MR) is 245 cm³/mol. The van der Waals surface area contributed by atoms with Crippen LogP contribution in [-0.4, -0.2) is 0 Å². The summed E-state index contributed by atoms with van der Waals surface area (Å²) in [4.78, 5) is 4.69. The first-order valence-corrected chi connectivity index (χ1v) is 20.0. The molecule has 0 aliphatic heterocycles. The van der Waals surface area contributed by atoms with Crippen LogP contribution in [0.25, 0.3) is 76.2 Å². The van der Waals surface area contributed by atoms with Gasteiger partial charge in [0.2, 0.25) is 0 Å². The van der Waals surface area contributed by atoms with Gasteiger partial charge in [0.15, 0.2) is 0 Å². The zero-order chi connectivity index (χ0) is 39.2. The minimum absolute atomic E-state index is 0.799. The lowest BCUT2D eigenvalue weighted by Crippen LogP contribution is -2.11. The lowest BCUT2D eigenvalue weighted by atomic mass is 9.91. The molecule has 0 N–H and O–H groups in total. The Hall–Kier alpha value is -7.76. The van der Waals surface area contributed by atoms with E-state index in [9.17, 15) is 0 Å². The average Bonchev–Trinajstić information content (AvgIpc) is 4.03. The summed E-state index contributed by atoms with van der Waals surface area (Å²) in [6.45, 7) is 4.25. The third-order valence-electron chi connectivity index (χ3n) is 11.8. The van der Waals surface area contributed by atoms with Crippen LogP contribution in [0.3, 0.4) is 0 Å². The maximum atomic E-state index is 7.12. The van der Waals surface area contributed by atoms with Crippen molar-refractivity contribution >= 4 is 110 Å². The molecule has 0 saturated carbocycles. The molecule has 0 saturated heterocycles. The van der Waals surface area contributed by atoms with E-state index < -0.39 is 0 Å². The predicted octanol–water partition coefficient (Wildman–Crippen LogP) is 16.1. The van der Waals surface area contributed by atoms with Crippen molar-refractivity contribution in [3.8, 4) is 0 Å². The number of hydrogen-bond donors (Lipinski definition) is 0. The minimum atomic E-state index is 0.799. The summed E-state index contributed by atoms with van der Waals surface area (Å²) in [5.74, 6) is 0. The average molecular weight is 761 g/mol. The number of nitrogens with zero attached hydrogens (tertiary/aromatic N) is 2. The SMILES string of the molecule is Cc1ccc(N(c2ccccc2)c2cc3c4cocc4c4cc(N(c5ccccc5)c5ccc(C)cc5)c5c6ccccc6oc5c4c3c3oc4ccccc4c23)cc1. The highest BCUT2D eigenvalue weighted by Crippen LogP contribution is 2.53. The van der Waals surface area contributed by atoms with Crippen LogP contribution in [0.5, 0.6) is 0 Å². The second kappa shape index (κ2) is 12.9. The van der Waals surface area contributed by atoms with Gasteiger partial charge in [-0.1, -0.05) is 108 Å². The van der Waals surface area contributed by atoms with Gasteiger partial charge in [-0.25, -0.2) is 0 Å². The van der Waals surface area contributed by atoms with Gasteiger partial charge < -0.3 is 23.1 Å². The van der Waals surface area contributed by atoms with Crippen LogP contribution in [0, 0.1) is 13.8 Å². The van der Waals surface area contributed by atoms with Crippen LogP contribution in [-0.2, 0) is 0 Å². The Morgan fingerprint density at radius 2 is 0.712 bits per heavy atom. The fourth-order valence-electron chi connectivity index (χ4n) is 9.14. The van der Waals surface area contributed by atoms with Crippen molar-refractivity contribution in [1.29, 1.82) is 0 Å². The molecule has 0 aliphatic carbocycles. The number of rotatable bonds is 6. The van der Waals surface area contributed by atoms with Gasteiger partial charge in [0.05, 0.1) is 34.7 Å². The van der Waals surface area contributed by atoms with Crippen molar-refractivity contribution < 1.29 is 13.3 Å². The molecule has 0 radical (unpaired) electrons. The summed E-state index contributed by atoms with van der Waals surface area (Å²) in [5, 5.41) is 10.1. The van der Waals surface area contributed by atoms with Gasteiger partial charge in [0.25, 0.3) is 0 Å². The van der Waals surface area contributed by atoms with Crippen molar-refractivity contribution in [3.05, 3.63) is 194 Å². The van der Waals surface area contributed by atoms with Crippen molar-refractivity contribution in [2.24, 2.45) is 0 Å². The standard InChI is InChI=1S/C54H36N2O3/c1-33-21-25-37(26-22-33)55(35-13-5-3-6-14-35)45-29-41-43-31-57-32-44(43)42-30-46(56(36-15-7-4-8-16-36)38-27-23-34(2)24-28-38)50-40-18-10-12-20-48(40)59-54(50)52(42)51(41)53-49(45)39-17-9-11-19-47(39)58-53/h3-32H,1-2H3. The number of hydrogen-bond acceptors (Lipinski definition) is 5. The van der Waals surface area contributed by atoms with Crippen LogP contribution < -0.4 is 9.80 Å². The minimum Gasteiger partial charge on any atom is -0.471 e. The summed E-state index contributed by atoms with van der Waals surface area (Å²) in [7, 11) is 0. The fourth-order valence-corrected chi connectivity index (χ4v) is 9.14. The largest absolute Gasteiger partial charge is 0.471 e. The highest BCUT2D eigenvalue weighted by Gasteiger charge is 2.29. The molecular weight excluding hydrogens is 725 g/mol. The Labute approximate surface area is 339 Å². The van der Waals surface area contributed by atoms with E-state index in [-0.39, 0.29) is 0 Å². The van der Waals surface area contributed by atoms with E-state index in [1.165, 1.54) is 11.1 Å². The van der Waals surface area contributed by atoms with Crippen molar-refractivity contribution in [1.82, 2.24) is 0 Å². The van der Waals surface area contributed by atoms with E-state index in [2.05, 4.69) is 181 Å². The first-order chi connectivity index (χ1) is 29.1. The normalized spacial score (nSPS) is 11.9. The molecule has 5 heteroatoms. The molecule has 280 valence electrons. The Balaban J connectivity index is 1.29. The van der Waals surface area contributed by atoms with Gasteiger partial charge >= 0.3 is 0 Å². The number of para-hydroxylation sites is 4. The lowest BCUT2D eigenvalue weighted by molar-refractivity contribution is 0.573. The van der Waals surface area contributed by atoms with Crippen LogP contribution >= 0.6 is 0 Å². The third kappa shape index (κ3) is 5.04. The van der Waals surface area contributed by atoms with E-state index >= 15 is 0 Å². The van der Waals surface area contributed by atoms with E-state index in [0.29, 0.717) is 0 Å². The van der Waals surface area contributed by atoms with Crippen LogP contribution in [0.4, 0.5) is 34.1 Å². The van der Waals surface area contributed by atoms with Gasteiger partial charge in [-0.3, -0.25) is 0 Å². The third-order valence-corrected chi connectivity index (χ3v) is 11.8. The highest BCUT2D eigenvalue weighted by molar-refractivity contribution is 6.40. The highest BCUT2D eigenvalue weighted by atomic mass is 16.3. The smallest absolute Gasteiger partial charge is 0.146 e. The second-order valence-corrected chi connectivity index (χ2v) is 15.5. The monoisotopic (exact) mass is 760 g/mol. The van der Waals surface area contributed by atoms with Gasteiger partial charge in [-0.05, 0) is 97.4 Å². The molecule has 3 heterocycles. The van der Waals surface area contributed by atoms with Crippen molar-refractivity contribution in [2.75, 3.05) is 9.80 Å². The quantitative estimate of drug-likeness (QED) is 0.158. The maximum absolute atomic E-state index is 7.12. The molecule has 3 aromatic heterocycles. The molecule has 12 aromatic rings. The molecule has 0 atom stereocenters. The van der Waals surface area contributed by atoms with E-state index in [1.54, 1.807) is 0 Å². The molecule has 9 aromatic carbocycles. The zero-order valence-corrected chi connectivity index (χ0v) is 32.4. The van der Waals surface area contributed by atoms with Gasteiger partial charge in [-0.2, -0.15) is 0 Å². The fraction of sp³-hybridized carbons (Fsp3) is 0.0370. The summed E-state index contributed by atoms with van der Waals surface area (Å²) < 4.78 is 20.4. The van der Waals surface area contributed by atoms with Crippen molar-refractivity contribution in [3.63, 3.8) is 0 Å². The molecule has 0 unspecified atom stereocenters. The Bertz CT molecular complexity index is 3330. The number of aryl methyl sites for hydroxylation is 2. The number of benzene rings is 9. The Morgan fingerprint density at radius 3 is 1.14 bits per heavy atom. The van der Waals surface area contributed by atoms with E-state index in [1.807, 2.05) is 24.7 Å².